The largest absolute Gasteiger partial charge is 0.356 e. The van der Waals surface area contributed by atoms with Gasteiger partial charge in [-0.05, 0) is 57.4 Å². The number of aliphatic imine (C=N–C) groups is 1. The minimum absolute atomic E-state index is 0. The first-order valence-corrected chi connectivity index (χ1v) is 10.4. The van der Waals surface area contributed by atoms with Crippen LogP contribution in [0.5, 0.6) is 0 Å². The lowest BCUT2D eigenvalue weighted by Crippen LogP contribution is -2.50. The van der Waals surface area contributed by atoms with Gasteiger partial charge in [-0.25, -0.2) is 0 Å². The van der Waals surface area contributed by atoms with Crippen LogP contribution in [0.15, 0.2) is 29.3 Å². The number of hydrogen-bond acceptors (Lipinski definition) is 3. The molecule has 1 heterocycles. The quantitative estimate of drug-likeness (QED) is 0.333. The van der Waals surface area contributed by atoms with Crippen LogP contribution in [-0.2, 0) is 6.42 Å². The van der Waals surface area contributed by atoms with Gasteiger partial charge in [0.2, 0.25) is 0 Å². The van der Waals surface area contributed by atoms with Gasteiger partial charge in [0.1, 0.15) is 0 Å². The van der Waals surface area contributed by atoms with Crippen molar-refractivity contribution in [1.29, 1.82) is 0 Å². The minimum atomic E-state index is 0. The van der Waals surface area contributed by atoms with Crippen molar-refractivity contribution in [3.63, 3.8) is 0 Å². The van der Waals surface area contributed by atoms with Crippen molar-refractivity contribution in [3.05, 3.63) is 35.4 Å². The number of amides is 1. The average Bonchev–Trinajstić information content (AvgIpc) is 2.70. The van der Waals surface area contributed by atoms with E-state index >= 15 is 0 Å². The third-order valence-electron chi connectivity index (χ3n) is 5.50. The molecule has 1 aliphatic rings. The zero-order chi connectivity index (χ0) is 20.5. The Labute approximate surface area is 193 Å². The van der Waals surface area contributed by atoms with Crippen LogP contribution in [0.4, 0.5) is 0 Å². The zero-order valence-electron chi connectivity index (χ0n) is 18.6. The number of halogens is 1. The van der Waals surface area contributed by atoms with E-state index in [0.29, 0.717) is 12.1 Å². The molecule has 2 rings (SSSR count). The first kappa shape index (κ1) is 25.7. The standard InChI is InChI=1S/C22H37N5O.HI/c1-17-9-6-7-14-27(17)18(2)16-25-22(23-3)24-13-12-19-10-8-11-20(15-19)21(28)26(4)5;/h8,10-11,15,17-18H,6-7,9,12-14,16H2,1-5H3,(H2,23,24,25);1H. The summed E-state index contributed by atoms with van der Waals surface area (Å²) in [6.07, 6.45) is 4.79. The molecule has 1 amide bonds. The highest BCUT2D eigenvalue weighted by atomic mass is 127. The summed E-state index contributed by atoms with van der Waals surface area (Å²) in [4.78, 5) is 20.6. The Morgan fingerprint density at radius 1 is 1.31 bits per heavy atom. The molecule has 0 aromatic heterocycles. The fraction of sp³-hybridized carbons (Fsp3) is 0.636. The monoisotopic (exact) mass is 515 g/mol. The molecule has 0 aliphatic carbocycles. The molecule has 2 atom stereocenters. The lowest BCUT2D eigenvalue weighted by atomic mass is 10.0. The molecule has 1 saturated heterocycles. The van der Waals surface area contributed by atoms with Crippen LogP contribution >= 0.6 is 24.0 Å². The topological polar surface area (TPSA) is 60.0 Å². The minimum Gasteiger partial charge on any atom is -0.356 e. The van der Waals surface area contributed by atoms with E-state index in [1.807, 2.05) is 18.2 Å². The molecule has 1 fully saturated rings. The van der Waals surface area contributed by atoms with Gasteiger partial charge < -0.3 is 15.5 Å². The van der Waals surface area contributed by atoms with E-state index in [0.717, 1.165) is 36.6 Å². The Morgan fingerprint density at radius 3 is 2.72 bits per heavy atom. The summed E-state index contributed by atoms with van der Waals surface area (Å²) in [5, 5.41) is 6.84. The van der Waals surface area contributed by atoms with Gasteiger partial charge >= 0.3 is 0 Å². The van der Waals surface area contributed by atoms with Gasteiger partial charge in [0.05, 0.1) is 0 Å². The summed E-state index contributed by atoms with van der Waals surface area (Å²) in [6.45, 7) is 7.47. The molecule has 6 nitrogen and oxygen atoms in total. The molecule has 7 heteroatoms. The molecule has 0 saturated carbocycles. The number of carbonyl (C=O) groups excluding carboxylic acids is 1. The second-order valence-corrected chi connectivity index (χ2v) is 7.96. The maximum Gasteiger partial charge on any atom is 0.253 e. The molecule has 0 bridgehead atoms. The highest BCUT2D eigenvalue weighted by molar-refractivity contribution is 14.0. The van der Waals surface area contributed by atoms with Crippen molar-refractivity contribution in [1.82, 2.24) is 20.4 Å². The Bertz CT molecular complexity index is 664. The highest BCUT2D eigenvalue weighted by Crippen LogP contribution is 2.18. The number of carbonyl (C=O) groups is 1. The van der Waals surface area contributed by atoms with Crippen molar-refractivity contribution in [2.45, 2.75) is 51.6 Å². The number of rotatable bonds is 7. The van der Waals surface area contributed by atoms with E-state index in [9.17, 15) is 4.79 Å². The summed E-state index contributed by atoms with van der Waals surface area (Å²) >= 11 is 0. The first-order chi connectivity index (χ1) is 13.4. The average molecular weight is 515 g/mol. The van der Waals surface area contributed by atoms with E-state index in [4.69, 9.17) is 0 Å². The molecule has 0 radical (unpaired) electrons. The number of piperidine rings is 1. The molecule has 1 aromatic carbocycles. The molecule has 164 valence electrons. The molecule has 2 unspecified atom stereocenters. The third kappa shape index (κ3) is 8.12. The van der Waals surface area contributed by atoms with Crippen LogP contribution in [0.1, 0.15) is 49.0 Å². The number of nitrogens with one attached hydrogen (secondary N) is 2. The fourth-order valence-electron chi connectivity index (χ4n) is 3.80. The van der Waals surface area contributed by atoms with Crippen LogP contribution in [0, 0.1) is 0 Å². The summed E-state index contributed by atoms with van der Waals surface area (Å²) in [5.41, 5.74) is 1.88. The smallest absolute Gasteiger partial charge is 0.253 e. The van der Waals surface area contributed by atoms with E-state index in [-0.39, 0.29) is 29.9 Å². The first-order valence-electron chi connectivity index (χ1n) is 10.4. The highest BCUT2D eigenvalue weighted by Gasteiger charge is 2.22. The van der Waals surface area contributed by atoms with Crippen LogP contribution < -0.4 is 10.6 Å². The van der Waals surface area contributed by atoms with Gasteiger partial charge in [0, 0.05) is 51.9 Å². The van der Waals surface area contributed by atoms with Crippen molar-refractivity contribution < 1.29 is 4.79 Å². The van der Waals surface area contributed by atoms with E-state index < -0.39 is 0 Å². The number of likely N-dealkylation sites (tertiary alicyclic amines) is 1. The summed E-state index contributed by atoms with van der Waals surface area (Å²) in [6, 6.07) is 8.99. The van der Waals surface area contributed by atoms with Crippen molar-refractivity contribution in [2.75, 3.05) is 40.8 Å². The van der Waals surface area contributed by atoms with Gasteiger partial charge in [-0.15, -0.1) is 24.0 Å². The second kappa shape index (κ2) is 13.1. The Hall–Kier alpha value is -1.35. The predicted octanol–water partition coefficient (Wildman–Crippen LogP) is 2.98. The van der Waals surface area contributed by atoms with Crippen molar-refractivity contribution >= 4 is 35.8 Å². The molecule has 1 aromatic rings. The molecular weight excluding hydrogens is 477 g/mol. The summed E-state index contributed by atoms with van der Waals surface area (Å²) < 4.78 is 0. The summed E-state index contributed by atoms with van der Waals surface area (Å²) in [5.74, 6) is 0.866. The Morgan fingerprint density at radius 2 is 2.07 bits per heavy atom. The molecule has 29 heavy (non-hydrogen) atoms. The summed E-state index contributed by atoms with van der Waals surface area (Å²) in [7, 11) is 5.36. The molecule has 2 N–H and O–H groups in total. The molecule has 0 spiro atoms. The lowest BCUT2D eigenvalue weighted by Gasteiger charge is -2.38. The number of guanidine groups is 1. The second-order valence-electron chi connectivity index (χ2n) is 7.96. The maximum atomic E-state index is 12.1. The SMILES string of the molecule is CN=C(NCCc1cccc(C(=O)N(C)C)c1)NCC(C)N1CCCCC1C.I. The van der Waals surface area contributed by atoms with Crippen LogP contribution in [0.25, 0.3) is 0 Å². The van der Waals surface area contributed by atoms with Gasteiger partial charge in [-0.3, -0.25) is 14.7 Å². The van der Waals surface area contributed by atoms with Crippen LogP contribution in [0.3, 0.4) is 0 Å². The number of hydrogen-bond donors (Lipinski definition) is 2. The van der Waals surface area contributed by atoms with Crippen LogP contribution in [0.2, 0.25) is 0 Å². The Balaban J connectivity index is 0.00000420. The molecular formula is C22H38IN5O. The normalized spacial score (nSPS) is 18.5. The van der Waals surface area contributed by atoms with Gasteiger partial charge in [0.15, 0.2) is 5.96 Å². The lowest BCUT2D eigenvalue weighted by molar-refractivity contribution is 0.0827. The molecule has 1 aliphatic heterocycles. The predicted molar refractivity (Wildman–Crippen MR) is 132 cm³/mol. The van der Waals surface area contributed by atoms with Gasteiger partial charge in [-0.2, -0.15) is 0 Å². The van der Waals surface area contributed by atoms with Crippen molar-refractivity contribution in [2.24, 2.45) is 4.99 Å². The Kier molecular flexibility index (Phi) is 11.6. The van der Waals surface area contributed by atoms with E-state index in [2.05, 4.69) is 40.4 Å². The van der Waals surface area contributed by atoms with E-state index in [1.54, 1.807) is 26.0 Å². The van der Waals surface area contributed by atoms with Gasteiger partial charge in [0.25, 0.3) is 5.91 Å². The number of nitrogens with zero attached hydrogens (tertiary/aromatic N) is 3. The van der Waals surface area contributed by atoms with Crippen molar-refractivity contribution in [3.8, 4) is 0 Å². The van der Waals surface area contributed by atoms with Gasteiger partial charge in [-0.1, -0.05) is 18.6 Å². The fourth-order valence-corrected chi connectivity index (χ4v) is 3.80. The van der Waals surface area contributed by atoms with Crippen LogP contribution in [-0.4, -0.2) is 74.5 Å². The maximum absolute atomic E-state index is 12.1. The number of benzene rings is 1. The zero-order valence-corrected chi connectivity index (χ0v) is 20.9. The third-order valence-corrected chi connectivity index (χ3v) is 5.50. The van der Waals surface area contributed by atoms with E-state index in [1.165, 1.54) is 25.8 Å².